The van der Waals surface area contributed by atoms with Crippen LogP contribution in [0.1, 0.15) is 33.6 Å². The van der Waals surface area contributed by atoms with Gasteiger partial charge in [-0.25, -0.2) is 0 Å². The summed E-state index contributed by atoms with van der Waals surface area (Å²) < 4.78 is 0. The molecular formula is C8H17N. The molecule has 1 aliphatic rings. The molecule has 0 aromatic carbocycles. The van der Waals surface area contributed by atoms with Crippen LogP contribution in [0.2, 0.25) is 0 Å². The highest BCUT2D eigenvalue weighted by atomic mass is 15.2. The zero-order chi connectivity index (χ0) is 7.07. The summed E-state index contributed by atoms with van der Waals surface area (Å²) in [6.07, 6.45) is 2.78. The third-order valence-electron chi connectivity index (χ3n) is 2.60. The molecule has 1 aliphatic carbocycles. The van der Waals surface area contributed by atoms with Crippen LogP contribution in [-0.2, 0) is 0 Å². The van der Waals surface area contributed by atoms with Gasteiger partial charge < -0.3 is 0 Å². The lowest BCUT2D eigenvalue weighted by molar-refractivity contribution is 0.190. The van der Waals surface area contributed by atoms with Gasteiger partial charge in [0.25, 0.3) is 0 Å². The molecule has 0 radical (unpaired) electrons. The van der Waals surface area contributed by atoms with Gasteiger partial charge in [-0.3, -0.25) is 4.90 Å². The lowest BCUT2D eigenvalue weighted by atomic mass is 10.2. The molecule has 9 heavy (non-hydrogen) atoms. The summed E-state index contributed by atoms with van der Waals surface area (Å²) in [5.74, 6) is 0. The Morgan fingerprint density at radius 3 is 1.89 bits per heavy atom. The Bertz CT molecular complexity index is 103. The van der Waals surface area contributed by atoms with Gasteiger partial charge in [-0.05, 0) is 40.7 Å². The van der Waals surface area contributed by atoms with Gasteiger partial charge in [0, 0.05) is 11.6 Å². The Balaban J connectivity index is 2.42. The van der Waals surface area contributed by atoms with Gasteiger partial charge in [0.2, 0.25) is 0 Å². The maximum Gasteiger partial charge on any atom is 0.0182 e. The standard InChI is InChI=1S/C8H17N/c1-7(2)9(4)8(3)5-6-8/h7H,5-6H2,1-4H3. The summed E-state index contributed by atoms with van der Waals surface area (Å²) >= 11 is 0. The van der Waals surface area contributed by atoms with Crippen molar-refractivity contribution in [2.45, 2.75) is 45.2 Å². The van der Waals surface area contributed by atoms with Crippen LogP contribution in [0.25, 0.3) is 0 Å². The minimum absolute atomic E-state index is 0.564. The number of rotatable bonds is 2. The van der Waals surface area contributed by atoms with E-state index in [1.165, 1.54) is 12.8 Å². The number of nitrogens with zero attached hydrogens (tertiary/aromatic N) is 1. The van der Waals surface area contributed by atoms with Gasteiger partial charge in [-0.1, -0.05) is 0 Å². The molecule has 0 unspecified atom stereocenters. The van der Waals surface area contributed by atoms with Gasteiger partial charge in [0.1, 0.15) is 0 Å². The Morgan fingerprint density at radius 1 is 1.33 bits per heavy atom. The lowest BCUT2D eigenvalue weighted by Crippen LogP contribution is -2.36. The molecule has 0 heterocycles. The fraction of sp³-hybridized carbons (Fsp3) is 1.00. The van der Waals surface area contributed by atoms with Crippen LogP contribution in [0.5, 0.6) is 0 Å². The minimum Gasteiger partial charge on any atom is -0.299 e. The van der Waals surface area contributed by atoms with Crippen LogP contribution in [0.3, 0.4) is 0 Å². The second-order valence-corrected chi connectivity index (χ2v) is 3.70. The van der Waals surface area contributed by atoms with E-state index in [1.807, 2.05) is 0 Å². The summed E-state index contributed by atoms with van der Waals surface area (Å²) in [5, 5.41) is 0. The molecule has 0 saturated heterocycles. The van der Waals surface area contributed by atoms with Crippen molar-refractivity contribution in [3.63, 3.8) is 0 Å². The minimum atomic E-state index is 0.564. The SMILES string of the molecule is CC(C)N(C)C1(C)CC1. The van der Waals surface area contributed by atoms with Crippen LogP contribution in [-0.4, -0.2) is 23.5 Å². The third-order valence-corrected chi connectivity index (χ3v) is 2.60. The molecule has 1 saturated carbocycles. The van der Waals surface area contributed by atoms with E-state index in [1.54, 1.807) is 0 Å². The molecule has 0 aliphatic heterocycles. The van der Waals surface area contributed by atoms with Gasteiger partial charge in [0.15, 0.2) is 0 Å². The van der Waals surface area contributed by atoms with E-state index in [0.29, 0.717) is 11.6 Å². The fourth-order valence-corrected chi connectivity index (χ4v) is 1.16. The van der Waals surface area contributed by atoms with Crippen LogP contribution in [0.4, 0.5) is 0 Å². The van der Waals surface area contributed by atoms with E-state index in [0.717, 1.165) is 0 Å². The van der Waals surface area contributed by atoms with E-state index in [2.05, 4.69) is 32.7 Å². The highest BCUT2D eigenvalue weighted by Gasteiger charge is 2.41. The molecule has 0 bridgehead atoms. The maximum atomic E-state index is 2.47. The Morgan fingerprint density at radius 2 is 1.78 bits per heavy atom. The van der Waals surface area contributed by atoms with Crippen molar-refractivity contribution in [3.05, 3.63) is 0 Å². The summed E-state index contributed by atoms with van der Waals surface area (Å²) in [5.41, 5.74) is 0.564. The van der Waals surface area contributed by atoms with Gasteiger partial charge in [0.05, 0.1) is 0 Å². The molecule has 54 valence electrons. The molecule has 1 nitrogen and oxygen atoms in total. The van der Waals surface area contributed by atoms with Gasteiger partial charge in [-0.15, -0.1) is 0 Å². The monoisotopic (exact) mass is 127 g/mol. The van der Waals surface area contributed by atoms with Crippen LogP contribution >= 0.6 is 0 Å². The van der Waals surface area contributed by atoms with E-state index < -0.39 is 0 Å². The van der Waals surface area contributed by atoms with Crippen LogP contribution in [0, 0.1) is 0 Å². The Labute approximate surface area is 58.0 Å². The lowest BCUT2D eigenvalue weighted by Gasteiger charge is -2.28. The highest BCUT2D eigenvalue weighted by Crippen LogP contribution is 2.40. The van der Waals surface area contributed by atoms with E-state index in [-0.39, 0.29) is 0 Å². The average molecular weight is 127 g/mol. The second kappa shape index (κ2) is 1.98. The quantitative estimate of drug-likeness (QED) is 0.547. The van der Waals surface area contributed by atoms with E-state index in [9.17, 15) is 0 Å². The van der Waals surface area contributed by atoms with Crippen molar-refractivity contribution >= 4 is 0 Å². The first-order valence-electron chi connectivity index (χ1n) is 3.79. The molecule has 0 amide bonds. The number of hydrogen-bond donors (Lipinski definition) is 0. The molecule has 0 aromatic rings. The summed E-state index contributed by atoms with van der Waals surface area (Å²) in [7, 11) is 2.22. The first-order valence-corrected chi connectivity index (χ1v) is 3.79. The first kappa shape index (κ1) is 7.07. The van der Waals surface area contributed by atoms with Crippen LogP contribution in [0.15, 0.2) is 0 Å². The first-order chi connectivity index (χ1) is 4.06. The van der Waals surface area contributed by atoms with E-state index in [4.69, 9.17) is 0 Å². The maximum absolute atomic E-state index is 2.47. The summed E-state index contributed by atoms with van der Waals surface area (Å²) in [4.78, 5) is 2.47. The zero-order valence-corrected chi connectivity index (χ0v) is 6.94. The van der Waals surface area contributed by atoms with E-state index >= 15 is 0 Å². The molecular weight excluding hydrogens is 110 g/mol. The Hall–Kier alpha value is -0.0400. The molecule has 1 fully saturated rings. The number of hydrogen-bond acceptors (Lipinski definition) is 1. The molecule has 0 spiro atoms. The van der Waals surface area contributed by atoms with Crippen molar-refractivity contribution in [3.8, 4) is 0 Å². The predicted molar refractivity (Wildman–Crippen MR) is 40.5 cm³/mol. The van der Waals surface area contributed by atoms with Crippen molar-refractivity contribution in [2.24, 2.45) is 0 Å². The summed E-state index contributed by atoms with van der Waals surface area (Å²) in [6.45, 7) is 6.85. The molecule has 1 heteroatoms. The van der Waals surface area contributed by atoms with Crippen molar-refractivity contribution in [1.29, 1.82) is 0 Å². The second-order valence-electron chi connectivity index (χ2n) is 3.70. The zero-order valence-electron chi connectivity index (χ0n) is 6.94. The highest BCUT2D eigenvalue weighted by molar-refractivity contribution is 4.99. The molecule has 0 N–H and O–H groups in total. The average Bonchev–Trinajstić information content (AvgIpc) is 2.47. The van der Waals surface area contributed by atoms with Crippen molar-refractivity contribution in [1.82, 2.24) is 4.90 Å². The predicted octanol–water partition coefficient (Wildman–Crippen LogP) is 1.88. The van der Waals surface area contributed by atoms with Crippen molar-refractivity contribution < 1.29 is 0 Å². The molecule has 0 atom stereocenters. The summed E-state index contributed by atoms with van der Waals surface area (Å²) in [6, 6.07) is 0.706. The third kappa shape index (κ3) is 1.26. The van der Waals surface area contributed by atoms with Gasteiger partial charge in [-0.2, -0.15) is 0 Å². The fourth-order valence-electron chi connectivity index (χ4n) is 1.16. The molecule has 0 aromatic heterocycles. The largest absolute Gasteiger partial charge is 0.299 e. The normalized spacial score (nSPS) is 23.3. The smallest absolute Gasteiger partial charge is 0.0182 e. The van der Waals surface area contributed by atoms with Gasteiger partial charge >= 0.3 is 0 Å². The van der Waals surface area contributed by atoms with Crippen molar-refractivity contribution in [2.75, 3.05) is 7.05 Å². The van der Waals surface area contributed by atoms with Crippen LogP contribution < -0.4 is 0 Å². The topological polar surface area (TPSA) is 3.24 Å². The Kier molecular flexibility index (Phi) is 1.55. The molecule has 1 rings (SSSR count).